The highest BCUT2D eigenvalue weighted by Gasteiger charge is 2.19. The molecule has 0 radical (unpaired) electrons. The standard InChI is InChI=1S/C20H25N3O5S/c1-5-19(20(25)22-16-8-6-7-15(13-16)21-14(2)24)28-18-11-9-17(10-12-18)23(3)29(4,26)27/h6-13,19H,5H2,1-4H3,(H,21,24)(H,22,25)/t19-/m0/s1. The predicted molar refractivity (Wildman–Crippen MR) is 114 cm³/mol. The van der Waals surface area contributed by atoms with E-state index >= 15 is 0 Å². The Hall–Kier alpha value is -3.07. The van der Waals surface area contributed by atoms with E-state index in [0.717, 1.165) is 10.6 Å². The minimum atomic E-state index is -3.35. The first-order valence-corrected chi connectivity index (χ1v) is 10.8. The fourth-order valence-electron chi connectivity index (χ4n) is 2.51. The molecule has 0 bridgehead atoms. The number of rotatable bonds is 8. The summed E-state index contributed by atoms with van der Waals surface area (Å²) in [6.45, 7) is 3.23. The minimum Gasteiger partial charge on any atom is -0.481 e. The third kappa shape index (κ3) is 6.49. The first-order valence-electron chi connectivity index (χ1n) is 8.99. The van der Waals surface area contributed by atoms with Gasteiger partial charge in [0, 0.05) is 25.3 Å². The van der Waals surface area contributed by atoms with Gasteiger partial charge in [0.05, 0.1) is 11.9 Å². The van der Waals surface area contributed by atoms with Crippen LogP contribution in [0.25, 0.3) is 0 Å². The van der Waals surface area contributed by atoms with Crippen molar-refractivity contribution in [2.75, 3.05) is 28.2 Å². The molecular formula is C20H25N3O5S. The zero-order valence-corrected chi connectivity index (χ0v) is 17.6. The average molecular weight is 420 g/mol. The normalized spacial score (nSPS) is 12.0. The Kier molecular flexibility index (Phi) is 7.22. The molecule has 0 aliphatic heterocycles. The van der Waals surface area contributed by atoms with Gasteiger partial charge in [-0.05, 0) is 48.9 Å². The summed E-state index contributed by atoms with van der Waals surface area (Å²) in [5.74, 6) is -0.0809. The fourth-order valence-corrected chi connectivity index (χ4v) is 3.02. The molecule has 0 saturated heterocycles. The number of sulfonamides is 1. The van der Waals surface area contributed by atoms with Crippen molar-refractivity contribution in [3.05, 3.63) is 48.5 Å². The van der Waals surface area contributed by atoms with Crippen molar-refractivity contribution in [3.63, 3.8) is 0 Å². The van der Waals surface area contributed by atoms with Gasteiger partial charge in [0.1, 0.15) is 5.75 Å². The molecule has 0 aromatic heterocycles. The fraction of sp³-hybridized carbons (Fsp3) is 0.300. The Morgan fingerprint density at radius 1 is 1.07 bits per heavy atom. The number of ether oxygens (including phenoxy) is 1. The van der Waals surface area contributed by atoms with Gasteiger partial charge in [-0.3, -0.25) is 13.9 Å². The summed E-state index contributed by atoms with van der Waals surface area (Å²) in [6, 6.07) is 13.3. The summed E-state index contributed by atoms with van der Waals surface area (Å²) in [6.07, 6.45) is 0.816. The first-order chi connectivity index (χ1) is 13.6. The van der Waals surface area contributed by atoms with Crippen LogP contribution in [-0.2, 0) is 19.6 Å². The van der Waals surface area contributed by atoms with Crippen LogP contribution in [0.3, 0.4) is 0 Å². The average Bonchev–Trinajstić information content (AvgIpc) is 2.65. The van der Waals surface area contributed by atoms with E-state index < -0.39 is 16.1 Å². The number of carbonyl (C=O) groups excluding carboxylic acids is 2. The quantitative estimate of drug-likeness (QED) is 0.685. The van der Waals surface area contributed by atoms with Gasteiger partial charge in [-0.15, -0.1) is 0 Å². The van der Waals surface area contributed by atoms with Crippen molar-refractivity contribution < 1.29 is 22.7 Å². The molecule has 2 N–H and O–H groups in total. The summed E-state index contributed by atoms with van der Waals surface area (Å²) in [7, 11) is -1.89. The molecule has 0 unspecified atom stereocenters. The third-order valence-corrected chi connectivity index (χ3v) is 5.30. The highest BCUT2D eigenvalue weighted by molar-refractivity contribution is 7.92. The second kappa shape index (κ2) is 9.42. The molecule has 2 rings (SSSR count). The Balaban J connectivity index is 2.06. The van der Waals surface area contributed by atoms with Crippen molar-refractivity contribution in [2.24, 2.45) is 0 Å². The monoisotopic (exact) mass is 419 g/mol. The number of nitrogens with zero attached hydrogens (tertiary/aromatic N) is 1. The molecule has 156 valence electrons. The Bertz CT molecular complexity index is 974. The smallest absolute Gasteiger partial charge is 0.265 e. The molecule has 0 saturated carbocycles. The number of hydrogen-bond donors (Lipinski definition) is 2. The van der Waals surface area contributed by atoms with E-state index in [4.69, 9.17) is 4.74 Å². The maximum Gasteiger partial charge on any atom is 0.265 e. The molecule has 0 aliphatic carbocycles. The summed E-state index contributed by atoms with van der Waals surface area (Å²) >= 11 is 0. The van der Waals surface area contributed by atoms with Gasteiger partial charge in [0.2, 0.25) is 15.9 Å². The number of nitrogens with one attached hydrogen (secondary N) is 2. The van der Waals surface area contributed by atoms with Crippen molar-refractivity contribution in [1.82, 2.24) is 0 Å². The van der Waals surface area contributed by atoms with E-state index in [2.05, 4.69) is 10.6 Å². The molecular weight excluding hydrogens is 394 g/mol. The number of carbonyl (C=O) groups is 2. The Morgan fingerprint density at radius 3 is 2.17 bits per heavy atom. The second-order valence-electron chi connectivity index (χ2n) is 6.49. The number of anilines is 3. The maximum absolute atomic E-state index is 12.6. The first kappa shape index (κ1) is 22.2. The molecule has 0 heterocycles. The van der Waals surface area contributed by atoms with E-state index in [1.165, 1.54) is 14.0 Å². The summed E-state index contributed by atoms with van der Waals surface area (Å²) in [4.78, 5) is 23.7. The largest absolute Gasteiger partial charge is 0.481 e. The number of hydrogen-bond acceptors (Lipinski definition) is 5. The highest BCUT2D eigenvalue weighted by Crippen LogP contribution is 2.22. The lowest BCUT2D eigenvalue weighted by Crippen LogP contribution is -2.32. The highest BCUT2D eigenvalue weighted by atomic mass is 32.2. The zero-order valence-electron chi connectivity index (χ0n) is 16.8. The van der Waals surface area contributed by atoms with Crippen molar-refractivity contribution >= 4 is 38.9 Å². The third-order valence-electron chi connectivity index (χ3n) is 4.09. The van der Waals surface area contributed by atoms with Gasteiger partial charge in [-0.2, -0.15) is 0 Å². The van der Waals surface area contributed by atoms with Gasteiger partial charge in [-0.25, -0.2) is 8.42 Å². The van der Waals surface area contributed by atoms with Crippen LogP contribution in [0.4, 0.5) is 17.1 Å². The van der Waals surface area contributed by atoms with Crippen LogP contribution in [0.2, 0.25) is 0 Å². The van der Waals surface area contributed by atoms with Crippen LogP contribution in [0.5, 0.6) is 5.75 Å². The van der Waals surface area contributed by atoms with Crippen LogP contribution >= 0.6 is 0 Å². The molecule has 2 aromatic carbocycles. The van der Waals surface area contributed by atoms with E-state index in [-0.39, 0.29) is 11.8 Å². The van der Waals surface area contributed by atoms with Gasteiger partial charge < -0.3 is 15.4 Å². The maximum atomic E-state index is 12.6. The second-order valence-corrected chi connectivity index (χ2v) is 8.50. The Morgan fingerprint density at radius 2 is 1.66 bits per heavy atom. The van der Waals surface area contributed by atoms with E-state index in [1.807, 2.05) is 6.92 Å². The number of benzene rings is 2. The summed E-state index contributed by atoms with van der Waals surface area (Å²) < 4.78 is 30.1. The van der Waals surface area contributed by atoms with Gasteiger partial charge >= 0.3 is 0 Å². The van der Waals surface area contributed by atoms with Crippen LogP contribution < -0.4 is 19.7 Å². The van der Waals surface area contributed by atoms with Crippen LogP contribution in [0, 0.1) is 0 Å². The van der Waals surface area contributed by atoms with E-state index in [9.17, 15) is 18.0 Å². The van der Waals surface area contributed by atoms with Crippen LogP contribution in [0.15, 0.2) is 48.5 Å². The van der Waals surface area contributed by atoms with E-state index in [0.29, 0.717) is 29.2 Å². The lowest BCUT2D eigenvalue weighted by Gasteiger charge is -2.19. The van der Waals surface area contributed by atoms with Gasteiger partial charge in [0.15, 0.2) is 6.10 Å². The molecule has 29 heavy (non-hydrogen) atoms. The van der Waals surface area contributed by atoms with Crippen molar-refractivity contribution in [2.45, 2.75) is 26.4 Å². The lowest BCUT2D eigenvalue weighted by atomic mass is 10.2. The summed E-state index contributed by atoms with van der Waals surface area (Å²) in [5, 5.41) is 5.43. The van der Waals surface area contributed by atoms with Gasteiger partial charge in [-0.1, -0.05) is 13.0 Å². The van der Waals surface area contributed by atoms with Crippen molar-refractivity contribution in [3.8, 4) is 5.75 Å². The van der Waals surface area contributed by atoms with E-state index in [1.54, 1.807) is 48.5 Å². The molecule has 0 aliphatic rings. The van der Waals surface area contributed by atoms with Crippen molar-refractivity contribution in [1.29, 1.82) is 0 Å². The molecule has 0 fully saturated rings. The Labute approximate surface area is 170 Å². The van der Waals surface area contributed by atoms with Gasteiger partial charge in [0.25, 0.3) is 5.91 Å². The number of amides is 2. The molecule has 0 spiro atoms. The zero-order chi connectivity index (χ0) is 21.6. The lowest BCUT2D eigenvalue weighted by molar-refractivity contribution is -0.122. The molecule has 9 heteroatoms. The van der Waals surface area contributed by atoms with Crippen LogP contribution in [-0.4, -0.2) is 39.6 Å². The van der Waals surface area contributed by atoms with Crippen LogP contribution in [0.1, 0.15) is 20.3 Å². The predicted octanol–water partition coefficient (Wildman–Crippen LogP) is 2.84. The SMILES string of the molecule is CC[C@H](Oc1ccc(N(C)S(C)(=O)=O)cc1)C(=O)Nc1cccc(NC(C)=O)c1. The molecule has 2 amide bonds. The minimum absolute atomic E-state index is 0.201. The topological polar surface area (TPSA) is 105 Å². The molecule has 8 nitrogen and oxygen atoms in total. The molecule has 1 atom stereocenters. The summed E-state index contributed by atoms with van der Waals surface area (Å²) in [5.41, 5.74) is 1.61. The molecule has 2 aromatic rings.